The molecule has 5 heteroatoms. The van der Waals surface area contributed by atoms with E-state index in [0.717, 1.165) is 22.0 Å². The molecule has 0 aliphatic heterocycles. The predicted octanol–water partition coefficient (Wildman–Crippen LogP) is 4.01. The maximum atomic E-state index is 5.29. The predicted molar refractivity (Wildman–Crippen MR) is 97.2 cm³/mol. The summed E-state index contributed by atoms with van der Waals surface area (Å²) in [5, 5.41) is 5.40. The summed E-state index contributed by atoms with van der Waals surface area (Å²) in [5.74, 6) is 2.07. The van der Waals surface area contributed by atoms with E-state index in [9.17, 15) is 0 Å². The molecule has 0 amide bonds. The van der Waals surface area contributed by atoms with Crippen LogP contribution in [0.15, 0.2) is 53.6 Å². The van der Waals surface area contributed by atoms with Gasteiger partial charge in [-0.05, 0) is 48.4 Å². The third kappa shape index (κ3) is 3.30. The first-order valence-electron chi connectivity index (χ1n) is 7.59. The summed E-state index contributed by atoms with van der Waals surface area (Å²) in [6.07, 6.45) is 1.72. The lowest BCUT2D eigenvalue weighted by Gasteiger charge is -2.07. The topological polar surface area (TPSA) is 55.7 Å². The number of hydrogen-bond donors (Lipinski definition) is 1. The number of nitrogens with one attached hydrogen (secondary N) is 1. The summed E-state index contributed by atoms with van der Waals surface area (Å²) in [6, 6.07) is 15.6. The Labute approximate surface area is 140 Å². The summed E-state index contributed by atoms with van der Waals surface area (Å²) in [5.41, 5.74) is 5.98. The molecule has 0 unspecified atom stereocenters. The Morgan fingerprint density at radius 1 is 1.00 bits per heavy atom. The van der Waals surface area contributed by atoms with Crippen LogP contribution in [-0.2, 0) is 0 Å². The zero-order valence-electron chi connectivity index (χ0n) is 13.9. The van der Waals surface area contributed by atoms with E-state index in [1.807, 2.05) is 42.5 Å². The molecule has 2 aromatic carbocycles. The van der Waals surface area contributed by atoms with Crippen LogP contribution in [0.2, 0.25) is 0 Å². The van der Waals surface area contributed by atoms with Gasteiger partial charge in [0, 0.05) is 5.39 Å². The highest BCUT2D eigenvalue weighted by Crippen LogP contribution is 2.27. The number of methoxy groups -OCH3 is 2. The quantitative estimate of drug-likeness (QED) is 0.570. The molecule has 0 saturated carbocycles. The number of pyridine rings is 1. The molecule has 0 spiro atoms. The molecule has 122 valence electrons. The summed E-state index contributed by atoms with van der Waals surface area (Å²) >= 11 is 0. The number of benzene rings is 2. The number of hydrazone groups is 1. The van der Waals surface area contributed by atoms with Crippen molar-refractivity contribution in [3.63, 3.8) is 0 Å². The lowest BCUT2D eigenvalue weighted by atomic mass is 10.1. The van der Waals surface area contributed by atoms with Crippen LogP contribution in [0, 0.1) is 6.92 Å². The van der Waals surface area contributed by atoms with Crippen molar-refractivity contribution in [2.45, 2.75) is 6.92 Å². The molecule has 1 aromatic heterocycles. The number of anilines is 1. The van der Waals surface area contributed by atoms with Crippen molar-refractivity contribution < 1.29 is 9.47 Å². The molecular formula is C19H19N3O2. The Morgan fingerprint density at radius 2 is 1.79 bits per heavy atom. The van der Waals surface area contributed by atoms with Gasteiger partial charge < -0.3 is 9.47 Å². The molecule has 3 aromatic rings. The number of hydrogen-bond acceptors (Lipinski definition) is 5. The van der Waals surface area contributed by atoms with Gasteiger partial charge in [0.2, 0.25) is 0 Å². The largest absolute Gasteiger partial charge is 0.493 e. The highest BCUT2D eigenvalue weighted by molar-refractivity contribution is 5.84. The van der Waals surface area contributed by atoms with Crippen LogP contribution in [0.1, 0.15) is 11.1 Å². The third-order valence-electron chi connectivity index (χ3n) is 3.72. The molecule has 0 radical (unpaired) electrons. The summed E-state index contributed by atoms with van der Waals surface area (Å²) in [7, 11) is 3.22. The molecule has 1 N–H and O–H groups in total. The molecular weight excluding hydrogens is 302 g/mol. The van der Waals surface area contributed by atoms with Crippen molar-refractivity contribution in [2.24, 2.45) is 5.10 Å². The van der Waals surface area contributed by atoms with Crippen LogP contribution < -0.4 is 14.9 Å². The van der Waals surface area contributed by atoms with Gasteiger partial charge in [-0.2, -0.15) is 5.10 Å². The van der Waals surface area contributed by atoms with Gasteiger partial charge in [-0.3, -0.25) is 5.43 Å². The smallest absolute Gasteiger partial charge is 0.161 e. The van der Waals surface area contributed by atoms with Crippen LogP contribution >= 0.6 is 0 Å². The summed E-state index contributed by atoms with van der Waals surface area (Å²) in [6.45, 7) is 2.06. The molecule has 1 heterocycles. The van der Waals surface area contributed by atoms with E-state index < -0.39 is 0 Å². The average molecular weight is 321 g/mol. The fourth-order valence-corrected chi connectivity index (χ4v) is 2.51. The minimum absolute atomic E-state index is 0.668. The van der Waals surface area contributed by atoms with Crippen LogP contribution in [0.5, 0.6) is 11.5 Å². The Morgan fingerprint density at radius 3 is 2.58 bits per heavy atom. The van der Waals surface area contributed by atoms with Gasteiger partial charge in [0.1, 0.15) is 5.82 Å². The lowest BCUT2D eigenvalue weighted by molar-refractivity contribution is 0.355. The van der Waals surface area contributed by atoms with Crippen LogP contribution in [0.25, 0.3) is 10.9 Å². The van der Waals surface area contributed by atoms with Gasteiger partial charge >= 0.3 is 0 Å². The molecule has 24 heavy (non-hydrogen) atoms. The number of rotatable bonds is 5. The molecule has 5 nitrogen and oxygen atoms in total. The number of aryl methyl sites for hydroxylation is 1. The number of aromatic nitrogens is 1. The molecule has 0 saturated heterocycles. The Hall–Kier alpha value is -3.08. The minimum atomic E-state index is 0.668. The second-order valence-corrected chi connectivity index (χ2v) is 5.33. The second-order valence-electron chi connectivity index (χ2n) is 5.33. The molecule has 0 aliphatic carbocycles. The van der Waals surface area contributed by atoms with Gasteiger partial charge in [-0.15, -0.1) is 0 Å². The fraction of sp³-hybridized carbons (Fsp3) is 0.158. The van der Waals surface area contributed by atoms with Crippen LogP contribution in [0.3, 0.4) is 0 Å². The second kappa shape index (κ2) is 7.00. The van der Waals surface area contributed by atoms with Crippen molar-refractivity contribution in [3.05, 3.63) is 59.7 Å². The Balaban J connectivity index is 1.79. The first-order valence-corrected chi connectivity index (χ1v) is 7.59. The zero-order chi connectivity index (χ0) is 16.9. The highest BCUT2D eigenvalue weighted by atomic mass is 16.5. The van der Waals surface area contributed by atoms with Gasteiger partial charge in [-0.25, -0.2) is 4.98 Å². The van der Waals surface area contributed by atoms with Crippen LogP contribution in [0.4, 0.5) is 5.82 Å². The van der Waals surface area contributed by atoms with Gasteiger partial charge in [0.15, 0.2) is 11.5 Å². The number of para-hydroxylation sites is 1. The number of ether oxygens (including phenoxy) is 2. The van der Waals surface area contributed by atoms with Crippen molar-refractivity contribution in [2.75, 3.05) is 19.6 Å². The monoisotopic (exact) mass is 321 g/mol. The lowest BCUT2D eigenvalue weighted by Crippen LogP contribution is -1.96. The van der Waals surface area contributed by atoms with Crippen molar-refractivity contribution >= 4 is 22.9 Å². The molecule has 0 bridgehead atoms. The fourth-order valence-electron chi connectivity index (χ4n) is 2.51. The van der Waals surface area contributed by atoms with E-state index in [-0.39, 0.29) is 0 Å². The Bertz CT molecular complexity index is 891. The molecule has 0 atom stereocenters. The molecule has 3 rings (SSSR count). The van der Waals surface area contributed by atoms with Crippen molar-refractivity contribution in [3.8, 4) is 11.5 Å². The maximum Gasteiger partial charge on any atom is 0.161 e. The van der Waals surface area contributed by atoms with E-state index in [2.05, 4.69) is 28.5 Å². The average Bonchev–Trinajstić information content (AvgIpc) is 2.61. The van der Waals surface area contributed by atoms with E-state index >= 15 is 0 Å². The highest BCUT2D eigenvalue weighted by Gasteiger charge is 2.03. The van der Waals surface area contributed by atoms with Gasteiger partial charge in [0.25, 0.3) is 0 Å². The van der Waals surface area contributed by atoms with Gasteiger partial charge in [-0.1, -0.05) is 18.2 Å². The summed E-state index contributed by atoms with van der Waals surface area (Å²) in [4.78, 5) is 4.56. The van der Waals surface area contributed by atoms with E-state index in [0.29, 0.717) is 17.3 Å². The number of nitrogens with zero attached hydrogens (tertiary/aromatic N) is 2. The van der Waals surface area contributed by atoms with E-state index in [4.69, 9.17) is 9.47 Å². The van der Waals surface area contributed by atoms with Crippen molar-refractivity contribution in [1.82, 2.24) is 4.98 Å². The van der Waals surface area contributed by atoms with Crippen LogP contribution in [-0.4, -0.2) is 25.4 Å². The SMILES string of the molecule is COc1ccc(/C=N\Nc2cc(C)c3ccccc3n2)cc1OC. The van der Waals surface area contributed by atoms with Crippen molar-refractivity contribution in [1.29, 1.82) is 0 Å². The normalized spacial score (nSPS) is 11.0. The first kappa shape index (κ1) is 15.8. The standard InChI is InChI=1S/C19H19N3O2/c1-13-10-19(21-16-7-5-4-6-15(13)16)22-20-12-14-8-9-17(23-2)18(11-14)24-3/h4-12H,1-3H3,(H,21,22)/b20-12-. The third-order valence-corrected chi connectivity index (χ3v) is 3.72. The zero-order valence-corrected chi connectivity index (χ0v) is 13.9. The molecule has 0 aliphatic rings. The maximum absolute atomic E-state index is 5.29. The first-order chi connectivity index (χ1) is 11.7. The molecule has 0 fully saturated rings. The van der Waals surface area contributed by atoms with Gasteiger partial charge in [0.05, 0.1) is 26.0 Å². The summed E-state index contributed by atoms with van der Waals surface area (Å²) < 4.78 is 10.5. The Kier molecular flexibility index (Phi) is 4.61. The number of fused-ring (bicyclic) bond motifs is 1. The van der Waals surface area contributed by atoms with E-state index in [1.165, 1.54) is 0 Å². The minimum Gasteiger partial charge on any atom is -0.493 e. The van der Waals surface area contributed by atoms with E-state index in [1.54, 1.807) is 20.4 Å².